The maximum Gasteiger partial charge on any atom is 0.387 e. The van der Waals surface area contributed by atoms with Crippen molar-refractivity contribution < 1.29 is 27.9 Å². The number of benzene rings is 1. The lowest BCUT2D eigenvalue weighted by Gasteiger charge is -2.39. The molecule has 6 rings (SSSR count). The summed E-state index contributed by atoms with van der Waals surface area (Å²) < 4.78 is 31.9. The third-order valence-electron chi connectivity index (χ3n) is 9.73. The summed E-state index contributed by atoms with van der Waals surface area (Å²) in [6, 6.07) is 4.15. The van der Waals surface area contributed by atoms with Crippen molar-refractivity contribution in [1.29, 1.82) is 0 Å². The highest BCUT2D eigenvalue weighted by Crippen LogP contribution is 2.36. The van der Waals surface area contributed by atoms with E-state index in [0.29, 0.717) is 48.2 Å². The number of allylic oxidation sites excluding steroid dienone is 1. The minimum Gasteiger partial charge on any atom is -0.434 e. The van der Waals surface area contributed by atoms with E-state index < -0.39 is 18.6 Å². The van der Waals surface area contributed by atoms with Crippen molar-refractivity contribution in [3.05, 3.63) is 59.3 Å². The third-order valence-corrected chi connectivity index (χ3v) is 10.5. The van der Waals surface area contributed by atoms with Gasteiger partial charge in [0.1, 0.15) is 12.3 Å². The van der Waals surface area contributed by atoms with Crippen LogP contribution in [-0.4, -0.2) is 146 Å². The van der Waals surface area contributed by atoms with Crippen LogP contribution in [0.5, 0.6) is 5.75 Å². The standard InChI is InChI=1S/C34H46F2N10O4S/c1-41(2)29(47)21-42-11-7-23(8-12-42)19-43-13-15-44(16-14-43)30(48)22-45-20-27(39-33(49)26-18-38-46-10-4-9-37-32(26)46)31(40-45)25-17-24(51-3)5-6-28(25)50-34(35)36/h4-6,9-10,17,20,23,31,34,38,40H,7-8,11-16,18-19,21-22H2,1-3H3,(H,39,49). The van der Waals surface area contributed by atoms with Crippen LogP contribution in [0.1, 0.15) is 24.4 Å². The largest absolute Gasteiger partial charge is 0.434 e. The maximum absolute atomic E-state index is 13.6. The number of amides is 3. The number of likely N-dealkylation sites (N-methyl/N-ethyl adjacent to an activating group) is 1. The van der Waals surface area contributed by atoms with E-state index in [0.717, 1.165) is 50.5 Å². The lowest BCUT2D eigenvalue weighted by Crippen LogP contribution is -2.53. The summed E-state index contributed by atoms with van der Waals surface area (Å²) in [5.74, 6) is 0.637. The van der Waals surface area contributed by atoms with Crippen LogP contribution in [0.2, 0.25) is 0 Å². The molecule has 5 aliphatic rings. The molecule has 2 fully saturated rings. The van der Waals surface area contributed by atoms with Gasteiger partial charge in [0.25, 0.3) is 5.91 Å². The fraction of sp³-hybridized carbons (Fsp3) is 0.529. The van der Waals surface area contributed by atoms with Crippen LogP contribution < -0.4 is 20.9 Å². The Labute approximate surface area is 301 Å². The van der Waals surface area contributed by atoms with E-state index in [9.17, 15) is 23.2 Å². The zero-order chi connectivity index (χ0) is 36.1. The molecule has 3 amide bonds. The lowest BCUT2D eigenvalue weighted by atomic mass is 9.96. The summed E-state index contributed by atoms with van der Waals surface area (Å²) in [4.78, 5) is 52.5. The Morgan fingerprint density at radius 1 is 1.08 bits per heavy atom. The zero-order valence-electron chi connectivity index (χ0n) is 29.2. The SMILES string of the molecule is CSc1ccc(OC(F)F)c(C2NN(CC(=O)N3CCN(CC4CCN(CC(=O)N(C)C)CC4)CC3)C=C2NC(=O)C2=C3N=CC=CN3NC2)c1. The molecule has 5 aliphatic heterocycles. The van der Waals surface area contributed by atoms with E-state index in [1.165, 1.54) is 17.8 Å². The first-order chi connectivity index (χ1) is 24.6. The van der Waals surface area contributed by atoms with Gasteiger partial charge < -0.3 is 24.9 Å². The summed E-state index contributed by atoms with van der Waals surface area (Å²) in [5, 5.41) is 6.22. The van der Waals surface area contributed by atoms with Gasteiger partial charge in [0.2, 0.25) is 11.8 Å². The number of likely N-dealkylation sites (tertiary alicyclic amines) is 1. The topological polar surface area (TPSA) is 128 Å². The Bertz CT molecular complexity index is 1590. The normalized spacial score (nSPS) is 21.4. The van der Waals surface area contributed by atoms with Gasteiger partial charge in [-0.2, -0.15) is 8.78 Å². The molecule has 1 aromatic rings. The molecular weight excluding hydrogens is 683 g/mol. The summed E-state index contributed by atoms with van der Waals surface area (Å²) >= 11 is 1.45. The van der Waals surface area contributed by atoms with Crippen molar-refractivity contribution in [2.24, 2.45) is 10.9 Å². The smallest absolute Gasteiger partial charge is 0.387 e. The van der Waals surface area contributed by atoms with Crippen LogP contribution in [0.25, 0.3) is 0 Å². The van der Waals surface area contributed by atoms with Gasteiger partial charge in [-0.1, -0.05) is 0 Å². The van der Waals surface area contributed by atoms with Crippen molar-refractivity contribution in [2.45, 2.75) is 30.4 Å². The van der Waals surface area contributed by atoms with Crippen LogP contribution in [-0.2, 0) is 14.4 Å². The number of hydrogen-bond donors (Lipinski definition) is 3. The quantitative estimate of drug-likeness (QED) is 0.271. The molecule has 1 unspecified atom stereocenters. The highest BCUT2D eigenvalue weighted by molar-refractivity contribution is 7.98. The first-order valence-electron chi connectivity index (χ1n) is 17.2. The number of carbonyl (C=O) groups excluding carboxylic acids is 3. The fourth-order valence-electron chi connectivity index (χ4n) is 6.83. The fourth-order valence-corrected chi connectivity index (χ4v) is 7.28. The molecule has 0 saturated carbocycles. The molecule has 0 bridgehead atoms. The van der Waals surface area contributed by atoms with E-state index >= 15 is 0 Å². The van der Waals surface area contributed by atoms with Gasteiger partial charge in [0.05, 0.1) is 23.9 Å². The first kappa shape index (κ1) is 36.8. The van der Waals surface area contributed by atoms with Crippen LogP contribution in [0.4, 0.5) is 8.78 Å². The van der Waals surface area contributed by atoms with Crippen molar-refractivity contribution >= 4 is 35.7 Å². The molecule has 0 spiro atoms. The molecule has 14 nitrogen and oxygen atoms in total. The molecule has 5 heterocycles. The predicted octanol–water partition coefficient (Wildman–Crippen LogP) is 1.40. The van der Waals surface area contributed by atoms with E-state index in [2.05, 4.69) is 31.0 Å². The number of hydrazine groups is 2. The first-order valence-corrected chi connectivity index (χ1v) is 18.4. The third kappa shape index (κ3) is 9.07. The average molecular weight is 729 g/mol. The number of nitrogens with zero attached hydrogens (tertiary/aromatic N) is 7. The summed E-state index contributed by atoms with van der Waals surface area (Å²) in [6.45, 7) is 3.19. The highest BCUT2D eigenvalue weighted by Gasteiger charge is 2.35. The summed E-state index contributed by atoms with van der Waals surface area (Å²) in [5.41, 5.74) is 7.53. The van der Waals surface area contributed by atoms with Crippen LogP contribution in [0.3, 0.4) is 0 Å². The van der Waals surface area contributed by atoms with Gasteiger partial charge in [-0.15, -0.1) is 11.8 Å². The van der Waals surface area contributed by atoms with Gasteiger partial charge >= 0.3 is 6.61 Å². The molecular formula is C34H46F2N10O4S. The Balaban J connectivity index is 1.09. The number of fused-ring (bicyclic) bond motifs is 1. The molecule has 2 saturated heterocycles. The summed E-state index contributed by atoms with van der Waals surface area (Å²) in [6.07, 6.45) is 10.7. The minimum atomic E-state index is -3.05. The number of rotatable bonds is 12. The number of alkyl halides is 2. The molecule has 1 aromatic carbocycles. The van der Waals surface area contributed by atoms with E-state index in [4.69, 9.17) is 4.74 Å². The number of piperidine rings is 1. The van der Waals surface area contributed by atoms with E-state index in [1.54, 1.807) is 65.8 Å². The van der Waals surface area contributed by atoms with E-state index in [-0.39, 0.29) is 30.7 Å². The van der Waals surface area contributed by atoms with Crippen LogP contribution in [0.15, 0.2) is 63.7 Å². The molecule has 0 aromatic heterocycles. The van der Waals surface area contributed by atoms with Crippen molar-refractivity contribution in [1.82, 2.24) is 45.8 Å². The second-order valence-corrected chi connectivity index (χ2v) is 14.2. The molecule has 51 heavy (non-hydrogen) atoms. The zero-order valence-corrected chi connectivity index (χ0v) is 30.0. The van der Waals surface area contributed by atoms with Crippen molar-refractivity contribution in [3.8, 4) is 5.75 Å². The number of hydrogen-bond acceptors (Lipinski definition) is 12. The van der Waals surface area contributed by atoms with E-state index in [1.807, 2.05) is 11.2 Å². The number of thioether (sulfide) groups is 1. The molecule has 3 N–H and O–H groups in total. The van der Waals surface area contributed by atoms with Gasteiger partial charge in [0, 0.05) is 82.4 Å². The Morgan fingerprint density at radius 3 is 2.55 bits per heavy atom. The molecule has 0 radical (unpaired) electrons. The van der Waals surface area contributed by atoms with Gasteiger partial charge in [-0.25, -0.2) is 15.8 Å². The number of carbonyl (C=O) groups is 3. The number of halogens is 2. The lowest BCUT2D eigenvalue weighted by molar-refractivity contribution is -0.134. The Morgan fingerprint density at radius 2 is 1.84 bits per heavy atom. The number of piperazine rings is 1. The van der Waals surface area contributed by atoms with Crippen LogP contribution in [0, 0.1) is 5.92 Å². The summed E-state index contributed by atoms with van der Waals surface area (Å²) in [7, 11) is 3.57. The molecule has 17 heteroatoms. The number of aliphatic imine (C=N–C) groups is 1. The second kappa shape index (κ2) is 16.5. The second-order valence-electron chi connectivity index (χ2n) is 13.3. The predicted molar refractivity (Wildman–Crippen MR) is 189 cm³/mol. The Kier molecular flexibility index (Phi) is 11.9. The average Bonchev–Trinajstić information content (AvgIpc) is 3.73. The number of nitrogens with one attached hydrogen (secondary N) is 3. The minimum absolute atomic E-state index is 0.0222. The maximum atomic E-state index is 13.6. The van der Waals surface area contributed by atoms with Crippen molar-refractivity contribution in [3.63, 3.8) is 0 Å². The van der Waals surface area contributed by atoms with Gasteiger partial charge in [0.15, 0.2) is 5.82 Å². The van der Waals surface area contributed by atoms with Gasteiger partial charge in [-0.3, -0.25) is 29.2 Å². The number of ether oxygens (including phenoxy) is 1. The van der Waals surface area contributed by atoms with Crippen LogP contribution >= 0.6 is 11.8 Å². The molecule has 1 atom stereocenters. The van der Waals surface area contributed by atoms with Crippen molar-refractivity contribution in [2.75, 3.05) is 85.8 Å². The molecule has 0 aliphatic carbocycles. The van der Waals surface area contributed by atoms with Gasteiger partial charge in [-0.05, 0) is 62.4 Å². The highest BCUT2D eigenvalue weighted by atomic mass is 32.2. The monoisotopic (exact) mass is 728 g/mol. The Hall–Kier alpha value is -4.03. The molecule has 276 valence electrons.